The van der Waals surface area contributed by atoms with Gasteiger partial charge < -0.3 is 20.3 Å². The number of amides is 3. The smallest absolute Gasteiger partial charge is 0.317 e. The van der Waals surface area contributed by atoms with Gasteiger partial charge in [-0.1, -0.05) is 0 Å². The molecule has 2 aromatic heterocycles. The first-order valence-corrected chi connectivity index (χ1v) is 11.0. The highest BCUT2D eigenvalue weighted by atomic mass is 16.5. The van der Waals surface area contributed by atoms with Crippen molar-refractivity contribution in [3.05, 3.63) is 29.7 Å². The van der Waals surface area contributed by atoms with Gasteiger partial charge in [0, 0.05) is 57.4 Å². The van der Waals surface area contributed by atoms with E-state index in [0.717, 1.165) is 45.1 Å². The fourth-order valence-corrected chi connectivity index (χ4v) is 4.07. The minimum absolute atomic E-state index is 0.0494. The molecule has 1 atom stereocenters. The third-order valence-corrected chi connectivity index (χ3v) is 5.76. The summed E-state index contributed by atoms with van der Waals surface area (Å²) < 4.78 is 7.23. The van der Waals surface area contributed by atoms with Gasteiger partial charge in [-0.2, -0.15) is 0 Å². The molecule has 0 aliphatic carbocycles. The van der Waals surface area contributed by atoms with Gasteiger partial charge in [-0.05, 0) is 32.4 Å². The standard InChI is InChI=1S/C21H31N7O3/c1-15(2)23-21(30)27-7-5-16(13-27)19-25-24-18-4-3-17(14-28(18)19)20(29)22-6-8-26-9-11-31-12-10-26/h3-4,14-16H,5-13H2,1-2H3,(H,22,29)(H,23,30)/t16-/m0/s1. The van der Waals surface area contributed by atoms with Gasteiger partial charge in [0.05, 0.1) is 18.8 Å². The summed E-state index contributed by atoms with van der Waals surface area (Å²) >= 11 is 0. The summed E-state index contributed by atoms with van der Waals surface area (Å²) in [5.74, 6) is 0.768. The molecule has 3 amide bonds. The zero-order chi connectivity index (χ0) is 21.8. The molecule has 2 aliphatic heterocycles. The van der Waals surface area contributed by atoms with Crippen molar-refractivity contribution in [3.63, 3.8) is 0 Å². The monoisotopic (exact) mass is 429 g/mol. The first kappa shape index (κ1) is 21.5. The first-order valence-electron chi connectivity index (χ1n) is 11.0. The highest BCUT2D eigenvalue weighted by molar-refractivity contribution is 5.94. The van der Waals surface area contributed by atoms with E-state index in [0.29, 0.717) is 30.8 Å². The van der Waals surface area contributed by atoms with Crippen molar-refractivity contribution < 1.29 is 14.3 Å². The highest BCUT2D eigenvalue weighted by Gasteiger charge is 2.30. The third kappa shape index (κ3) is 5.13. The van der Waals surface area contributed by atoms with Gasteiger partial charge in [0.1, 0.15) is 5.82 Å². The number of ether oxygens (including phenoxy) is 1. The Balaban J connectivity index is 1.39. The molecule has 10 heteroatoms. The van der Waals surface area contributed by atoms with Crippen LogP contribution in [0.15, 0.2) is 18.3 Å². The second kappa shape index (κ2) is 9.61. The summed E-state index contributed by atoms with van der Waals surface area (Å²) in [4.78, 5) is 29.1. The Morgan fingerprint density at radius 2 is 2.00 bits per heavy atom. The van der Waals surface area contributed by atoms with Crippen LogP contribution < -0.4 is 10.6 Å². The Morgan fingerprint density at radius 3 is 2.77 bits per heavy atom. The van der Waals surface area contributed by atoms with E-state index in [2.05, 4.69) is 25.7 Å². The molecule has 4 rings (SSSR count). The second-order valence-corrected chi connectivity index (χ2v) is 8.45. The Morgan fingerprint density at radius 1 is 1.19 bits per heavy atom. The lowest BCUT2D eigenvalue weighted by Gasteiger charge is -2.26. The molecule has 0 radical (unpaired) electrons. The molecule has 0 aromatic carbocycles. The van der Waals surface area contributed by atoms with Crippen LogP contribution in [0.5, 0.6) is 0 Å². The molecule has 0 bridgehead atoms. The maximum Gasteiger partial charge on any atom is 0.317 e. The van der Waals surface area contributed by atoms with Crippen LogP contribution >= 0.6 is 0 Å². The summed E-state index contributed by atoms with van der Waals surface area (Å²) in [5, 5.41) is 14.5. The molecule has 168 valence electrons. The van der Waals surface area contributed by atoms with Crippen LogP contribution in [0.4, 0.5) is 4.79 Å². The van der Waals surface area contributed by atoms with Crippen molar-refractivity contribution in [2.45, 2.75) is 32.2 Å². The van der Waals surface area contributed by atoms with Crippen LogP contribution in [-0.2, 0) is 4.74 Å². The Kier molecular flexibility index (Phi) is 6.67. The average molecular weight is 430 g/mol. The van der Waals surface area contributed by atoms with E-state index in [1.165, 1.54) is 0 Å². The molecule has 4 heterocycles. The predicted molar refractivity (Wildman–Crippen MR) is 115 cm³/mol. The minimum Gasteiger partial charge on any atom is -0.379 e. The van der Waals surface area contributed by atoms with Gasteiger partial charge in [-0.25, -0.2) is 4.79 Å². The number of nitrogens with one attached hydrogen (secondary N) is 2. The van der Waals surface area contributed by atoms with Gasteiger partial charge in [0.25, 0.3) is 5.91 Å². The maximum atomic E-state index is 12.7. The summed E-state index contributed by atoms with van der Waals surface area (Å²) in [6.07, 6.45) is 2.62. The molecule has 0 unspecified atom stereocenters. The zero-order valence-corrected chi connectivity index (χ0v) is 18.2. The lowest BCUT2D eigenvalue weighted by Crippen LogP contribution is -2.41. The van der Waals surface area contributed by atoms with E-state index in [-0.39, 0.29) is 23.9 Å². The normalized spacial score (nSPS) is 19.8. The van der Waals surface area contributed by atoms with Crippen molar-refractivity contribution in [3.8, 4) is 0 Å². The van der Waals surface area contributed by atoms with Gasteiger partial charge in [-0.3, -0.25) is 14.1 Å². The maximum absolute atomic E-state index is 12.7. The van der Waals surface area contributed by atoms with Crippen molar-refractivity contribution in [1.29, 1.82) is 0 Å². The largest absolute Gasteiger partial charge is 0.379 e. The Bertz CT molecular complexity index is 923. The van der Waals surface area contributed by atoms with Gasteiger partial charge in [0.15, 0.2) is 5.65 Å². The molecular weight excluding hydrogens is 398 g/mol. The number of fused-ring (bicyclic) bond motifs is 1. The summed E-state index contributed by atoms with van der Waals surface area (Å²) in [7, 11) is 0. The number of urea groups is 1. The number of pyridine rings is 1. The van der Waals surface area contributed by atoms with Crippen LogP contribution in [0.2, 0.25) is 0 Å². The van der Waals surface area contributed by atoms with E-state index in [1.807, 2.05) is 29.2 Å². The molecule has 2 aliphatic rings. The first-order chi connectivity index (χ1) is 15.0. The lowest BCUT2D eigenvalue weighted by molar-refractivity contribution is 0.0383. The van der Waals surface area contributed by atoms with Crippen LogP contribution in [0.25, 0.3) is 5.65 Å². The number of nitrogens with zero attached hydrogens (tertiary/aromatic N) is 5. The molecule has 2 N–H and O–H groups in total. The van der Waals surface area contributed by atoms with E-state index >= 15 is 0 Å². The van der Waals surface area contributed by atoms with Crippen LogP contribution in [0.1, 0.15) is 42.4 Å². The molecule has 10 nitrogen and oxygen atoms in total. The average Bonchev–Trinajstić information content (AvgIpc) is 3.40. The van der Waals surface area contributed by atoms with Crippen molar-refractivity contribution in [2.75, 3.05) is 52.5 Å². The number of carbonyl (C=O) groups is 2. The molecule has 0 saturated carbocycles. The summed E-state index contributed by atoms with van der Waals surface area (Å²) in [6, 6.07) is 3.64. The van der Waals surface area contributed by atoms with E-state index in [1.54, 1.807) is 12.3 Å². The van der Waals surface area contributed by atoms with Crippen LogP contribution in [-0.4, -0.2) is 94.9 Å². The van der Waals surface area contributed by atoms with Crippen molar-refractivity contribution >= 4 is 17.6 Å². The number of hydrogen-bond donors (Lipinski definition) is 2. The predicted octanol–water partition coefficient (Wildman–Crippen LogP) is 0.699. The summed E-state index contributed by atoms with van der Waals surface area (Å²) in [6.45, 7) is 9.88. The van der Waals surface area contributed by atoms with Crippen LogP contribution in [0, 0.1) is 0 Å². The molecule has 2 aromatic rings. The minimum atomic E-state index is -0.112. The highest BCUT2D eigenvalue weighted by Crippen LogP contribution is 2.26. The number of aromatic nitrogens is 3. The zero-order valence-electron chi connectivity index (χ0n) is 18.2. The Hall–Kier alpha value is -2.72. The quantitative estimate of drug-likeness (QED) is 0.701. The number of morpholine rings is 1. The van der Waals surface area contributed by atoms with Crippen LogP contribution in [0.3, 0.4) is 0 Å². The number of hydrogen-bond acceptors (Lipinski definition) is 6. The van der Waals surface area contributed by atoms with Gasteiger partial charge in [0.2, 0.25) is 0 Å². The topological polar surface area (TPSA) is 104 Å². The van der Waals surface area contributed by atoms with Crippen molar-refractivity contribution in [1.82, 2.24) is 35.0 Å². The summed E-state index contributed by atoms with van der Waals surface area (Å²) in [5.41, 5.74) is 1.27. The van der Waals surface area contributed by atoms with Crippen molar-refractivity contribution in [2.24, 2.45) is 0 Å². The number of carbonyl (C=O) groups excluding carboxylic acids is 2. The van der Waals surface area contributed by atoms with Gasteiger partial charge in [-0.15, -0.1) is 10.2 Å². The lowest BCUT2D eigenvalue weighted by atomic mass is 10.1. The number of likely N-dealkylation sites (tertiary alicyclic amines) is 1. The third-order valence-electron chi connectivity index (χ3n) is 5.76. The molecule has 31 heavy (non-hydrogen) atoms. The molecule has 2 saturated heterocycles. The SMILES string of the molecule is CC(C)NC(=O)N1CC[C@H](c2nnc3ccc(C(=O)NCCN4CCOCC4)cn23)C1. The van der Waals surface area contributed by atoms with Gasteiger partial charge >= 0.3 is 6.03 Å². The molecule has 0 spiro atoms. The molecular formula is C21H31N7O3. The van der Waals surface area contributed by atoms with E-state index in [9.17, 15) is 9.59 Å². The second-order valence-electron chi connectivity index (χ2n) is 8.45. The Labute approximate surface area is 181 Å². The fourth-order valence-electron chi connectivity index (χ4n) is 4.07. The molecule has 2 fully saturated rings. The van der Waals surface area contributed by atoms with E-state index in [4.69, 9.17) is 4.74 Å². The number of rotatable bonds is 6. The van der Waals surface area contributed by atoms with E-state index < -0.39 is 0 Å². The fraction of sp³-hybridized carbons (Fsp3) is 0.619.